The van der Waals surface area contributed by atoms with Crippen LogP contribution in [0.4, 0.5) is 5.13 Å². The zero-order valence-electron chi connectivity index (χ0n) is 13.2. The number of aromatic amines is 1. The van der Waals surface area contributed by atoms with Crippen LogP contribution in [0.5, 0.6) is 0 Å². The zero-order chi connectivity index (χ0) is 17.1. The fourth-order valence-electron chi connectivity index (χ4n) is 2.06. The third-order valence-corrected chi connectivity index (χ3v) is 3.96. The quantitative estimate of drug-likeness (QED) is 0.735. The van der Waals surface area contributed by atoms with Gasteiger partial charge >= 0.3 is 5.69 Å². The van der Waals surface area contributed by atoms with E-state index >= 15 is 0 Å². The fourth-order valence-corrected chi connectivity index (χ4v) is 3.01. The Morgan fingerprint density at radius 3 is 2.75 bits per heavy atom. The summed E-state index contributed by atoms with van der Waals surface area (Å²) in [6, 6.07) is 8.86. The van der Waals surface area contributed by atoms with Crippen molar-refractivity contribution in [1.29, 1.82) is 0 Å². The Balaban J connectivity index is 1.76. The summed E-state index contributed by atoms with van der Waals surface area (Å²) in [7, 11) is 0. The Hall–Kier alpha value is -2.81. The van der Waals surface area contributed by atoms with E-state index in [1.165, 1.54) is 11.3 Å². The van der Waals surface area contributed by atoms with Crippen LogP contribution in [0, 0.1) is 5.92 Å². The molecule has 8 nitrogen and oxygen atoms in total. The molecule has 2 heterocycles. The summed E-state index contributed by atoms with van der Waals surface area (Å²) >= 11 is 1.31. The molecule has 0 spiro atoms. The number of hydrogen-bond acceptors (Lipinski definition) is 6. The summed E-state index contributed by atoms with van der Waals surface area (Å²) in [6.07, 6.45) is 0.799. The molecular formula is C15H16N6O2S. The van der Waals surface area contributed by atoms with Crippen molar-refractivity contribution in [3.8, 4) is 5.69 Å². The molecule has 1 amide bonds. The van der Waals surface area contributed by atoms with Crippen molar-refractivity contribution in [2.75, 3.05) is 5.32 Å². The van der Waals surface area contributed by atoms with Crippen molar-refractivity contribution in [2.24, 2.45) is 5.92 Å². The number of para-hydroxylation sites is 1. The second-order valence-corrected chi connectivity index (χ2v) is 6.64. The molecule has 0 aliphatic carbocycles. The van der Waals surface area contributed by atoms with Gasteiger partial charge in [0.15, 0.2) is 0 Å². The van der Waals surface area contributed by atoms with Gasteiger partial charge in [0.2, 0.25) is 11.0 Å². The Bertz CT molecular complexity index is 896. The van der Waals surface area contributed by atoms with Crippen LogP contribution < -0.4 is 11.0 Å². The van der Waals surface area contributed by atoms with E-state index in [1.54, 1.807) is 24.3 Å². The monoisotopic (exact) mass is 344 g/mol. The molecule has 0 saturated heterocycles. The van der Waals surface area contributed by atoms with Crippen LogP contribution in [0.2, 0.25) is 0 Å². The molecule has 0 aliphatic rings. The molecular weight excluding hydrogens is 328 g/mol. The van der Waals surface area contributed by atoms with Crippen molar-refractivity contribution >= 4 is 22.4 Å². The topological polar surface area (TPSA) is 106 Å². The first-order valence-corrected chi connectivity index (χ1v) is 8.23. The fraction of sp³-hybridized carbons (Fsp3) is 0.267. The first kappa shape index (κ1) is 16.1. The predicted octanol–water partition coefficient (Wildman–Crippen LogP) is 1.86. The molecule has 1 aromatic carbocycles. The smallest absolute Gasteiger partial charge is 0.294 e. The summed E-state index contributed by atoms with van der Waals surface area (Å²) in [5.74, 6) is -0.155. The van der Waals surface area contributed by atoms with E-state index in [0.29, 0.717) is 16.7 Å². The van der Waals surface area contributed by atoms with Crippen LogP contribution >= 0.6 is 11.3 Å². The SMILES string of the molecule is CC(C)Cc1nnc(NC(=O)c2nn(-c3ccccc3)c(=O)[nH]2)s1. The largest absolute Gasteiger partial charge is 0.348 e. The maximum atomic E-state index is 12.2. The third-order valence-electron chi connectivity index (χ3n) is 3.10. The molecule has 0 saturated carbocycles. The number of amides is 1. The average molecular weight is 344 g/mol. The standard InChI is InChI=1S/C15H16N6O2S/c1-9(2)8-11-18-19-14(24-11)17-13(22)12-16-15(23)21(20-12)10-6-4-3-5-7-10/h3-7,9H,8H2,1-2H3,(H,16,20,23)(H,17,19,22). The molecule has 9 heteroatoms. The minimum Gasteiger partial charge on any atom is -0.294 e. The summed E-state index contributed by atoms with van der Waals surface area (Å²) in [4.78, 5) is 26.6. The van der Waals surface area contributed by atoms with Crippen molar-refractivity contribution in [3.05, 3.63) is 51.6 Å². The van der Waals surface area contributed by atoms with E-state index in [-0.39, 0.29) is 5.82 Å². The normalized spacial score (nSPS) is 11.0. The van der Waals surface area contributed by atoms with Gasteiger partial charge in [-0.2, -0.15) is 4.68 Å². The zero-order valence-corrected chi connectivity index (χ0v) is 14.0. The second-order valence-electron chi connectivity index (χ2n) is 5.58. The molecule has 2 N–H and O–H groups in total. The summed E-state index contributed by atoms with van der Waals surface area (Å²) in [6.45, 7) is 4.17. The average Bonchev–Trinajstić information content (AvgIpc) is 3.14. The number of nitrogens with one attached hydrogen (secondary N) is 2. The van der Waals surface area contributed by atoms with E-state index in [9.17, 15) is 9.59 Å². The number of carbonyl (C=O) groups excluding carboxylic acids is 1. The Morgan fingerprint density at radius 2 is 2.04 bits per heavy atom. The van der Waals surface area contributed by atoms with Gasteiger partial charge in [-0.05, 0) is 18.1 Å². The maximum Gasteiger partial charge on any atom is 0.348 e. The lowest BCUT2D eigenvalue weighted by molar-refractivity contribution is 0.101. The number of rotatable bonds is 5. The van der Waals surface area contributed by atoms with Crippen molar-refractivity contribution < 1.29 is 4.79 Å². The van der Waals surface area contributed by atoms with Crippen LogP contribution in [-0.2, 0) is 6.42 Å². The molecule has 0 bridgehead atoms. The molecule has 0 atom stereocenters. The van der Waals surface area contributed by atoms with Gasteiger partial charge in [0.25, 0.3) is 5.91 Å². The maximum absolute atomic E-state index is 12.2. The number of carbonyl (C=O) groups is 1. The van der Waals surface area contributed by atoms with Gasteiger partial charge in [-0.15, -0.1) is 15.3 Å². The van der Waals surface area contributed by atoms with Gasteiger partial charge in [-0.3, -0.25) is 15.1 Å². The number of H-pyrrole nitrogens is 1. The lowest BCUT2D eigenvalue weighted by Crippen LogP contribution is -2.15. The number of hydrogen-bond donors (Lipinski definition) is 2. The van der Waals surface area contributed by atoms with E-state index in [4.69, 9.17) is 0 Å². The van der Waals surface area contributed by atoms with Gasteiger partial charge in [0.1, 0.15) is 5.01 Å². The Kier molecular flexibility index (Phi) is 4.52. The van der Waals surface area contributed by atoms with E-state index in [2.05, 4.69) is 39.4 Å². The highest BCUT2D eigenvalue weighted by Crippen LogP contribution is 2.18. The lowest BCUT2D eigenvalue weighted by Gasteiger charge is -1.98. The number of benzene rings is 1. The van der Waals surface area contributed by atoms with Crippen LogP contribution in [0.1, 0.15) is 29.5 Å². The number of aromatic nitrogens is 5. The van der Waals surface area contributed by atoms with Gasteiger partial charge in [0.05, 0.1) is 5.69 Å². The summed E-state index contributed by atoms with van der Waals surface area (Å²) in [5.41, 5.74) is 0.0945. The van der Waals surface area contributed by atoms with Crippen LogP contribution in [-0.4, -0.2) is 30.9 Å². The second kappa shape index (κ2) is 6.75. The first-order chi connectivity index (χ1) is 11.5. The van der Waals surface area contributed by atoms with E-state index < -0.39 is 11.6 Å². The molecule has 3 aromatic rings. The summed E-state index contributed by atoms with van der Waals surface area (Å²) in [5, 5.41) is 15.8. The Morgan fingerprint density at radius 1 is 1.29 bits per heavy atom. The predicted molar refractivity (Wildman–Crippen MR) is 90.6 cm³/mol. The third kappa shape index (κ3) is 3.57. The van der Waals surface area contributed by atoms with Gasteiger partial charge in [-0.1, -0.05) is 43.4 Å². The molecule has 2 aromatic heterocycles. The van der Waals surface area contributed by atoms with Crippen LogP contribution in [0.25, 0.3) is 5.69 Å². The van der Waals surface area contributed by atoms with Gasteiger partial charge in [0, 0.05) is 6.42 Å². The number of anilines is 1. The lowest BCUT2D eigenvalue weighted by atomic mass is 10.1. The highest BCUT2D eigenvalue weighted by atomic mass is 32.1. The van der Waals surface area contributed by atoms with Crippen LogP contribution in [0.15, 0.2) is 35.1 Å². The van der Waals surface area contributed by atoms with Crippen molar-refractivity contribution in [2.45, 2.75) is 20.3 Å². The van der Waals surface area contributed by atoms with Crippen LogP contribution in [0.3, 0.4) is 0 Å². The van der Waals surface area contributed by atoms with Gasteiger partial charge in [-0.25, -0.2) is 4.79 Å². The molecule has 24 heavy (non-hydrogen) atoms. The summed E-state index contributed by atoms with van der Waals surface area (Å²) < 4.78 is 1.14. The van der Waals surface area contributed by atoms with Crippen molar-refractivity contribution in [1.82, 2.24) is 25.0 Å². The highest BCUT2D eigenvalue weighted by Gasteiger charge is 2.16. The highest BCUT2D eigenvalue weighted by molar-refractivity contribution is 7.15. The minimum atomic E-state index is -0.533. The number of nitrogens with zero attached hydrogens (tertiary/aromatic N) is 4. The molecule has 0 radical (unpaired) electrons. The van der Waals surface area contributed by atoms with E-state index in [0.717, 1.165) is 16.1 Å². The van der Waals surface area contributed by atoms with Crippen molar-refractivity contribution in [3.63, 3.8) is 0 Å². The molecule has 0 unspecified atom stereocenters. The first-order valence-electron chi connectivity index (χ1n) is 7.41. The molecule has 3 rings (SSSR count). The minimum absolute atomic E-state index is 0.0792. The van der Waals surface area contributed by atoms with Gasteiger partial charge < -0.3 is 0 Å². The van der Waals surface area contributed by atoms with E-state index in [1.807, 2.05) is 6.07 Å². The molecule has 124 valence electrons. The molecule has 0 aliphatic heterocycles. The Labute approximate surface area is 141 Å². The molecule has 0 fully saturated rings.